The molecular formula is C10H17N3OS. The summed E-state index contributed by atoms with van der Waals surface area (Å²) in [6, 6.07) is -0.108. The third-order valence-electron chi connectivity index (χ3n) is 2.40. The first-order valence-electron chi connectivity index (χ1n) is 5.13. The fourth-order valence-corrected chi connectivity index (χ4v) is 1.96. The summed E-state index contributed by atoms with van der Waals surface area (Å²) in [7, 11) is 0. The number of nitrogens with zero attached hydrogens (tertiary/aromatic N) is 2. The topological polar surface area (TPSA) is 45.2 Å². The third-order valence-corrected chi connectivity index (χ3v) is 3.09. The molecule has 1 aromatic heterocycles. The Bertz CT molecular complexity index is 296. The van der Waals surface area contributed by atoms with Crippen LogP contribution in [0.2, 0.25) is 0 Å². The molecule has 1 heterocycles. The van der Waals surface area contributed by atoms with Crippen LogP contribution in [0.5, 0.6) is 0 Å². The molecule has 1 amide bonds. The summed E-state index contributed by atoms with van der Waals surface area (Å²) >= 11 is 1.43. The molecule has 15 heavy (non-hydrogen) atoms. The van der Waals surface area contributed by atoms with E-state index in [1.54, 1.807) is 6.20 Å². The van der Waals surface area contributed by atoms with Gasteiger partial charge in [-0.1, -0.05) is 13.8 Å². The van der Waals surface area contributed by atoms with Gasteiger partial charge in [-0.15, -0.1) is 11.3 Å². The molecule has 1 atom stereocenters. The first-order chi connectivity index (χ1) is 7.19. The van der Waals surface area contributed by atoms with Crippen molar-refractivity contribution in [3.8, 4) is 0 Å². The second-order valence-corrected chi connectivity index (χ2v) is 4.12. The Morgan fingerprint density at radius 1 is 1.60 bits per heavy atom. The lowest BCUT2D eigenvalue weighted by Crippen LogP contribution is -2.41. The van der Waals surface area contributed by atoms with Gasteiger partial charge in [0.05, 0.1) is 6.04 Å². The lowest BCUT2D eigenvalue weighted by Gasteiger charge is -2.24. The predicted molar refractivity (Wildman–Crippen MR) is 63.1 cm³/mol. The van der Waals surface area contributed by atoms with E-state index in [0.717, 1.165) is 13.1 Å². The maximum Gasteiger partial charge on any atom is 0.243 e. The number of carbonyl (C=O) groups is 1. The van der Waals surface area contributed by atoms with Crippen LogP contribution in [0.25, 0.3) is 0 Å². The molecule has 1 aromatic rings. The highest BCUT2D eigenvalue weighted by Crippen LogP contribution is 2.11. The molecule has 1 unspecified atom stereocenters. The number of hydrogen-bond acceptors (Lipinski definition) is 4. The van der Waals surface area contributed by atoms with Crippen molar-refractivity contribution in [2.45, 2.75) is 26.8 Å². The Morgan fingerprint density at radius 3 is 2.73 bits per heavy atom. The molecule has 0 aliphatic heterocycles. The van der Waals surface area contributed by atoms with Crippen LogP contribution in [-0.2, 0) is 4.79 Å². The summed E-state index contributed by atoms with van der Waals surface area (Å²) < 4.78 is 0. The smallest absolute Gasteiger partial charge is 0.243 e. The summed E-state index contributed by atoms with van der Waals surface area (Å²) in [6.07, 6.45) is 1.68. The van der Waals surface area contributed by atoms with E-state index in [9.17, 15) is 4.79 Å². The maximum absolute atomic E-state index is 11.8. The molecule has 0 aromatic carbocycles. The second kappa shape index (κ2) is 5.82. The van der Waals surface area contributed by atoms with E-state index >= 15 is 0 Å². The number of rotatable bonds is 5. The normalized spacial score (nSPS) is 12.8. The predicted octanol–water partition coefficient (Wildman–Crippen LogP) is 1.81. The molecule has 0 spiro atoms. The zero-order valence-electron chi connectivity index (χ0n) is 9.36. The number of anilines is 1. The van der Waals surface area contributed by atoms with E-state index in [1.165, 1.54) is 11.3 Å². The molecule has 0 bridgehead atoms. The van der Waals surface area contributed by atoms with Crippen molar-refractivity contribution in [1.29, 1.82) is 0 Å². The van der Waals surface area contributed by atoms with Crippen LogP contribution in [0.3, 0.4) is 0 Å². The highest BCUT2D eigenvalue weighted by molar-refractivity contribution is 7.13. The van der Waals surface area contributed by atoms with E-state index in [2.05, 4.69) is 29.0 Å². The van der Waals surface area contributed by atoms with Crippen molar-refractivity contribution in [2.75, 3.05) is 18.4 Å². The second-order valence-electron chi connectivity index (χ2n) is 3.22. The van der Waals surface area contributed by atoms with E-state index in [1.807, 2.05) is 12.3 Å². The fourth-order valence-electron chi connectivity index (χ4n) is 1.43. The average Bonchev–Trinajstić information content (AvgIpc) is 2.72. The average molecular weight is 227 g/mol. The lowest BCUT2D eigenvalue weighted by molar-refractivity contribution is -0.120. The quantitative estimate of drug-likeness (QED) is 0.834. The van der Waals surface area contributed by atoms with Gasteiger partial charge in [-0.25, -0.2) is 4.98 Å². The van der Waals surface area contributed by atoms with Gasteiger partial charge >= 0.3 is 0 Å². The molecule has 0 radical (unpaired) electrons. The minimum Gasteiger partial charge on any atom is -0.301 e. The molecule has 84 valence electrons. The van der Waals surface area contributed by atoms with Gasteiger partial charge in [0.15, 0.2) is 5.13 Å². The maximum atomic E-state index is 11.8. The Morgan fingerprint density at radius 2 is 2.27 bits per heavy atom. The minimum atomic E-state index is -0.108. The van der Waals surface area contributed by atoms with Gasteiger partial charge in [0.1, 0.15) is 0 Å². The summed E-state index contributed by atoms with van der Waals surface area (Å²) in [4.78, 5) is 17.9. The Kier molecular flexibility index (Phi) is 4.71. The van der Waals surface area contributed by atoms with Crippen molar-refractivity contribution >= 4 is 22.4 Å². The Hall–Kier alpha value is -0.940. The first kappa shape index (κ1) is 12.1. The molecule has 0 aliphatic rings. The van der Waals surface area contributed by atoms with Crippen molar-refractivity contribution < 1.29 is 4.79 Å². The molecule has 0 fully saturated rings. The van der Waals surface area contributed by atoms with Gasteiger partial charge in [0.25, 0.3) is 0 Å². The number of hydrogen-bond donors (Lipinski definition) is 1. The number of likely N-dealkylation sites (N-methyl/N-ethyl adjacent to an activating group) is 1. The van der Waals surface area contributed by atoms with Crippen LogP contribution < -0.4 is 5.32 Å². The van der Waals surface area contributed by atoms with Gasteiger partial charge in [-0.05, 0) is 20.0 Å². The molecule has 0 aliphatic carbocycles. The number of carbonyl (C=O) groups excluding carboxylic acids is 1. The minimum absolute atomic E-state index is 0.00801. The molecule has 4 nitrogen and oxygen atoms in total. The van der Waals surface area contributed by atoms with Gasteiger partial charge in [0, 0.05) is 11.6 Å². The van der Waals surface area contributed by atoms with E-state index in [-0.39, 0.29) is 11.9 Å². The van der Waals surface area contributed by atoms with Crippen molar-refractivity contribution in [3.05, 3.63) is 11.6 Å². The largest absolute Gasteiger partial charge is 0.301 e. The molecule has 0 saturated heterocycles. The van der Waals surface area contributed by atoms with Crippen LogP contribution in [0.1, 0.15) is 20.8 Å². The van der Waals surface area contributed by atoms with Gasteiger partial charge in [-0.2, -0.15) is 0 Å². The van der Waals surface area contributed by atoms with Gasteiger partial charge < -0.3 is 5.32 Å². The molecule has 1 N–H and O–H groups in total. The standard InChI is InChI=1S/C10H17N3OS/c1-4-13(5-2)8(3)9(14)12-10-11-6-7-15-10/h6-8H,4-5H2,1-3H3,(H,11,12,14). The lowest BCUT2D eigenvalue weighted by atomic mass is 10.2. The number of aromatic nitrogens is 1. The fraction of sp³-hybridized carbons (Fsp3) is 0.600. The van der Waals surface area contributed by atoms with Gasteiger partial charge in [-0.3, -0.25) is 9.69 Å². The molecule has 5 heteroatoms. The molecule has 1 rings (SSSR count). The number of nitrogens with one attached hydrogen (secondary N) is 1. The molecular weight excluding hydrogens is 210 g/mol. The summed E-state index contributed by atoms with van der Waals surface area (Å²) in [5, 5.41) is 5.31. The first-order valence-corrected chi connectivity index (χ1v) is 6.01. The highest BCUT2D eigenvalue weighted by atomic mass is 32.1. The number of amides is 1. The monoisotopic (exact) mass is 227 g/mol. The van der Waals surface area contributed by atoms with Crippen molar-refractivity contribution in [2.24, 2.45) is 0 Å². The van der Waals surface area contributed by atoms with Gasteiger partial charge in [0.2, 0.25) is 5.91 Å². The SMILES string of the molecule is CCN(CC)C(C)C(=O)Nc1nccs1. The molecule has 0 saturated carbocycles. The summed E-state index contributed by atoms with van der Waals surface area (Å²) in [6.45, 7) is 7.77. The Labute approximate surface area is 94.3 Å². The zero-order valence-corrected chi connectivity index (χ0v) is 10.2. The van der Waals surface area contributed by atoms with Crippen LogP contribution in [0.15, 0.2) is 11.6 Å². The van der Waals surface area contributed by atoms with Crippen LogP contribution in [0.4, 0.5) is 5.13 Å². The zero-order chi connectivity index (χ0) is 11.3. The van der Waals surface area contributed by atoms with Crippen molar-refractivity contribution in [3.63, 3.8) is 0 Å². The highest BCUT2D eigenvalue weighted by Gasteiger charge is 2.18. The van der Waals surface area contributed by atoms with E-state index < -0.39 is 0 Å². The van der Waals surface area contributed by atoms with E-state index in [4.69, 9.17) is 0 Å². The van der Waals surface area contributed by atoms with E-state index in [0.29, 0.717) is 5.13 Å². The van der Waals surface area contributed by atoms with Crippen LogP contribution in [0, 0.1) is 0 Å². The summed E-state index contributed by atoms with van der Waals surface area (Å²) in [5.74, 6) is 0.00801. The van der Waals surface area contributed by atoms with Crippen LogP contribution >= 0.6 is 11.3 Å². The number of thiazole rings is 1. The van der Waals surface area contributed by atoms with Crippen molar-refractivity contribution in [1.82, 2.24) is 9.88 Å². The third kappa shape index (κ3) is 3.28. The Balaban J connectivity index is 2.53. The van der Waals surface area contributed by atoms with Crippen LogP contribution in [-0.4, -0.2) is 34.9 Å². The summed E-state index contributed by atoms with van der Waals surface area (Å²) in [5.41, 5.74) is 0.